The summed E-state index contributed by atoms with van der Waals surface area (Å²) in [4.78, 5) is 10.3. The van der Waals surface area contributed by atoms with Crippen molar-refractivity contribution < 1.29 is 9.90 Å². The lowest BCUT2D eigenvalue weighted by Gasteiger charge is -1.96. The van der Waals surface area contributed by atoms with Gasteiger partial charge >= 0.3 is 5.97 Å². The molecule has 0 aliphatic heterocycles. The van der Waals surface area contributed by atoms with Crippen molar-refractivity contribution >= 4 is 5.97 Å². The Kier molecular flexibility index (Phi) is 3.73. The van der Waals surface area contributed by atoms with Crippen LogP contribution in [0.15, 0.2) is 36.1 Å². The molecule has 0 radical (unpaired) electrons. The summed E-state index contributed by atoms with van der Waals surface area (Å²) in [5, 5.41) is 8.41. The first-order chi connectivity index (χ1) is 5.09. The predicted molar refractivity (Wildman–Crippen MR) is 43.9 cm³/mol. The molecule has 11 heavy (non-hydrogen) atoms. The third kappa shape index (κ3) is 3.25. The molecule has 0 aromatic heterocycles. The molecule has 0 amide bonds. The van der Waals surface area contributed by atoms with Gasteiger partial charge in [0, 0.05) is 5.70 Å². The summed E-state index contributed by atoms with van der Waals surface area (Å²) in [5.74, 6) is -1.09. The molecule has 0 rings (SSSR count). The van der Waals surface area contributed by atoms with Crippen LogP contribution in [-0.2, 0) is 4.79 Å². The lowest BCUT2D eigenvalue weighted by atomic mass is 10.2. The lowest BCUT2D eigenvalue weighted by Crippen LogP contribution is -2.08. The summed E-state index contributed by atoms with van der Waals surface area (Å²) in [6.07, 6.45) is 4.90. The highest BCUT2D eigenvalue weighted by molar-refractivity contribution is 5.90. The van der Waals surface area contributed by atoms with Crippen molar-refractivity contribution in [3.05, 3.63) is 36.1 Å². The van der Waals surface area contributed by atoms with Gasteiger partial charge in [0.1, 0.15) is 0 Å². The number of carbonyl (C=O) groups is 1. The second kappa shape index (κ2) is 4.33. The maximum atomic E-state index is 10.3. The number of aliphatic carboxylic acids is 1. The highest BCUT2D eigenvalue weighted by Gasteiger charge is 2.04. The molecule has 0 unspecified atom stereocenters. The summed E-state index contributed by atoms with van der Waals surface area (Å²) in [7, 11) is 0. The molecule has 0 aromatic rings. The van der Waals surface area contributed by atoms with Crippen molar-refractivity contribution in [3.8, 4) is 0 Å². The van der Waals surface area contributed by atoms with Crippen LogP contribution in [0, 0.1) is 0 Å². The quantitative estimate of drug-likeness (QED) is 0.470. The molecule has 3 N–H and O–H groups in total. The Labute approximate surface area is 65.5 Å². The van der Waals surface area contributed by atoms with E-state index in [0.29, 0.717) is 0 Å². The summed E-state index contributed by atoms with van der Waals surface area (Å²) < 4.78 is 0. The van der Waals surface area contributed by atoms with E-state index in [1.165, 1.54) is 6.08 Å². The molecule has 0 aliphatic rings. The van der Waals surface area contributed by atoms with E-state index < -0.39 is 5.97 Å². The molecule has 3 nitrogen and oxygen atoms in total. The van der Waals surface area contributed by atoms with Crippen LogP contribution in [0.3, 0.4) is 0 Å². The summed E-state index contributed by atoms with van der Waals surface area (Å²) in [5.41, 5.74) is 5.43. The van der Waals surface area contributed by atoms with Crippen molar-refractivity contribution in [3.63, 3.8) is 0 Å². The number of rotatable bonds is 3. The third-order valence-electron chi connectivity index (χ3n) is 1.07. The van der Waals surface area contributed by atoms with E-state index in [0.717, 1.165) is 0 Å². The minimum Gasteiger partial charge on any atom is -0.478 e. The van der Waals surface area contributed by atoms with E-state index in [4.69, 9.17) is 10.8 Å². The molecule has 0 fully saturated rings. The topological polar surface area (TPSA) is 63.3 Å². The number of carboxylic acids is 1. The van der Waals surface area contributed by atoms with Crippen LogP contribution in [0.25, 0.3) is 0 Å². The third-order valence-corrected chi connectivity index (χ3v) is 1.07. The standard InChI is InChI=1S/C8H11NO2/c1-3-4-5-7(9)6(2)8(10)11/h3-5H,2,9H2,1H3,(H,10,11)/b4-3-,7-5+. The van der Waals surface area contributed by atoms with E-state index >= 15 is 0 Å². The summed E-state index contributed by atoms with van der Waals surface area (Å²) in [6.45, 7) is 5.09. The fourth-order valence-corrected chi connectivity index (χ4v) is 0.424. The first kappa shape index (κ1) is 9.49. The fourth-order valence-electron chi connectivity index (χ4n) is 0.424. The van der Waals surface area contributed by atoms with Crippen molar-refractivity contribution in [2.24, 2.45) is 5.73 Å². The number of carboxylic acid groups (broad SMARTS) is 1. The number of nitrogens with two attached hydrogens (primary N) is 1. The zero-order chi connectivity index (χ0) is 8.85. The van der Waals surface area contributed by atoms with Gasteiger partial charge in [-0.15, -0.1) is 0 Å². The Morgan fingerprint density at radius 3 is 2.55 bits per heavy atom. The zero-order valence-corrected chi connectivity index (χ0v) is 6.37. The molecule has 0 spiro atoms. The van der Waals surface area contributed by atoms with Crippen LogP contribution in [0.2, 0.25) is 0 Å². The number of hydrogen-bond acceptors (Lipinski definition) is 2. The Hall–Kier alpha value is -1.51. The van der Waals surface area contributed by atoms with Gasteiger partial charge in [-0.2, -0.15) is 0 Å². The molecule has 3 heteroatoms. The van der Waals surface area contributed by atoms with E-state index in [1.54, 1.807) is 12.2 Å². The van der Waals surface area contributed by atoms with Crippen LogP contribution in [0.4, 0.5) is 0 Å². The molecule has 0 aromatic carbocycles. The van der Waals surface area contributed by atoms with Crippen LogP contribution >= 0.6 is 0 Å². The average Bonchev–Trinajstić information content (AvgIpc) is 1.98. The Morgan fingerprint density at radius 1 is 1.64 bits per heavy atom. The summed E-state index contributed by atoms with van der Waals surface area (Å²) >= 11 is 0. The predicted octanol–water partition coefficient (Wildman–Crippen LogP) is 1.05. The van der Waals surface area contributed by atoms with Gasteiger partial charge in [-0.25, -0.2) is 4.79 Å². The monoisotopic (exact) mass is 153 g/mol. The van der Waals surface area contributed by atoms with Crippen molar-refractivity contribution in [2.45, 2.75) is 6.92 Å². The fraction of sp³-hybridized carbons (Fsp3) is 0.125. The highest BCUT2D eigenvalue weighted by atomic mass is 16.4. The molecule has 0 saturated heterocycles. The van der Waals surface area contributed by atoms with Gasteiger partial charge in [-0.1, -0.05) is 18.7 Å². The van der Waals surface area contributed by atoms with Crippen LogP contribution in [0.5, 0.6) is 0 Å². The van der Waals surface area contributed by atoms with Gasteiger partial charge in [-0.3, -0.25) is 0 Å². The normalized spacial score (nSPS) is 11.9. The van der Waals surface area contributed by atoms with Gasteiger partial charge in [-0.05, 0) is 13.0 Å². The van der Waals surface area contributed by atoms with Gasteiger partial charge in [0.2, 0.25) is 0 Å². The molecular weight excluding hydrogens is 142 g/mol. The van der Waals surface area contributed by atoms with E-state index in [2.05, 4.69) is 6.58 Å². The number of hydrogen-bond donors (Lipinski definition) is 2. The Balaban J connectivity index is 4.36. The zero-order valence-electron chi connectivity index (χ0n) is 6.37. The first-order valence-electron chi connectivity index (χ1n) is 3.10. The van der Waals surface area contributed by atoms with Crippen molar-refractivity contribution in [2.75, 3.05) is 0 Å². The second-order valence-electron chi connectivity index (χ2n) is 1.93. The van der Waals surface area contributed by atoms with Crippen LogP contribution in [0.1, 0.15) is 6.92 Å². The van der Waals surface area contributed by atoms with Gasteiger partial charge < -0.3 is 10.8 Å². The smallest absolute Gasteiger partial charge is 0.337 e. The minimum atomic E-state index is -1.09. The second-order valence-corrected chi connectivity index (χ2v) is 1.93. The average molecular weight is 153 g/mol. The molecule has 0 saturated carbocycles. The van der Waals surface area contributed by atoms with Crippen LogP contribution < -0.4 is 5.73 Å². The molecule has 0 atom stereocenters. The Bertz CT molecular complexity index is 226. The van der Waals surface area contributed by atoms with Gasteiger partial charge in [0.15, 0.2) is 0 Å². The van der Waals surface area contributed by atoms with E-state index in [-0.39, 0.29) is 11.3 Å². The highest BCUT2D eigenvalue weighted by Crippen LogP contribution is 2.00. The van der Waals surface area contributed by atoms with Gasteiger partial charge in [0.25, 0.3) is 0 Å². The van der Waals surface area contributed by atoms with Crippen molar-refractivity contribution in [1.29, 1.82) is 0 Å². The Morgan fingerprint density at radius 2 is 2.18 bits per heavy atom. The first-order valence-corrected chi connectivity index (χ1v) is 3.10. The van der Waals surface area contributed by atoms with E-state index in [1.807, 2.05) is 6.92 Å². The minimum absolute atomic E-state index is 0.0805. The molecule has 60 valence electrons. The van der Waals surface area contributed by atoms with Crippen molar-refractivity contribution in [1.82, 2.24) is 0 Å². The molecular formula is C8H11NO2. The molecule has 0 aliphatic carbocycles. The lowest BCUT2D eigenvalue weighted by molar-refractivity contribution is -0.132. The maximum Gasteiger partial charge on any atom is 0.337 e. The number of allylic oxidation sites excluding steroid dienone is 3. The summed E-state index contributed by atoms with van der Waals surface area (Å²) in [6, 6.07) is 0. The van der Waals surface area contributed by atoms with E-state index in [9.17, 15) is 4.79 Å². The maximum absolute atomic E-state index is 10.3. The van der Waals surface area contributed by atoms with Crippen LogP contribution in [-0.4, -0.2) is 11.1 Å². The molecule has 0 heterocycles. The SMILES string of the molecule is C=C(C(=O)O)/C(N)=C\C=C/C. The largest absolute Gasteiger partial charge is 0.478 e. The molecule has 0 bridgehead atoms. The van der Waals surface area contributed by atoms with Gasteiger partial charge in [0.05, 0.1) is 5.57 Å².